The molecule has 1 aliphatic rings. The van der Waals surface area contributed by atoms with E-state index in [1.165, 1.54) is 36.8 Å². The van der Waals surface area contributed by atoms with Gasteiger partial charge < -0.3 is 0 Å². The Morgan fingerprint density at radius 1 is 1.05 bits per heavy atom. The Bertz CT molecular complexity index is 605. The van der Waals surface area contributed by atoms with E-state index in [0.29, 0.717) is 6.04 Å². The van der Waals surface area contributed by atoms with Crippen LogP contribution in [0, 0.1) is 0 Å². The zero-order chi connectivity index (χ0) is 13.9. The summed E-state index contributed by atoms with van der Waals surface area (Å²) in [6.45, 7) is 4.22. The molecule has 0 aliphatic heterocycles. The van der Waals surface area contributed by atoms with Crippen molar-refractivity contribution >= 4 is 5.57 Å². The van der Waals surface area contributed by atoms with Crippen LogP contribution in [0.4, 0.5) is 0 Å². The Kier molecular flexibility index (Phi) is 3.68. The number of rotatable bonds is 3. The molecule has 3 rings (SSSR count). The molecule has 2 aromatic rings. The molecular formula is C17H21N3. The molecule has 0 saturated carbocycles. The Balaban J connectivity index is 1.83. The van der Waals surface area contributed by atoms with E-state index in [4.69, 9.17) is 0 Å². The molecule has 0 bridgehead atoms. The van der Waals surface area contributed by atoms with Crippen molar-refractivity contribution in [2.45, 2.75) is 45.6 Å². The lowest BCUT2D eigenvalue weighted by Crippen LogP contribution is -2.00. The van der Waals surface area contributed by atoms with E-state index in [1.54, 1.807) is 6.33 Å². The molecule has 104 valence electrons. The highest BCUT2D eigenvalue weighted by Gasteiger charge is 2.09. The third kappa shape index (κ3) is 2.67. The highest BCUT2D eigenvalue weighted by molar-refractivity contribution is 5.68. The molecule has 0 unspecified atom stereocenters. The minimum absolute atomic E-state index is 0.350. The maximum absolute atomic E-state index is 4.51. The number of hydrogen-bond donors (Lipinski definition) is 0. The van der Waals surface area contributed by atoms with E-state index in [9.17, 15) is 0 Å². The lowest BCUT2D eigenvalue weighted by Gasteiger charge is -2.12. The predicted molar refractivity (Wildman–Crippen MR) is 82.3 cm³/mol. The van der Waals surface area contributed by atoms with Crippen molar-refractivity contribution in [3.05, 3.63) is 42.2 Å². The number of allylic oxidation sites excluding steroid dienone is 2. The molecule has 0 fully saturated rings. The van der Waals surface area contributed by atoms with Crippen LogP contribution in [-0.4, -0.2) is 14.8 Å². The van der Waals surface area contributed by atoms with Crippen molar-refractivity contribution in [2.75, 3.05) is 0 Å². The largest absolute Gasteiger partial charge is 0.250 e. The monoisotopic (exact) mass is 267 g/mol. The molecule has 1 heterocycles. The minimum Gasteiger partial charge on any atom is -0.250 e. The highest BCUT2D eigenvalue weighted by atomic mass is 15.3. The van der Waals surface area contributed by atoms with Crippen LogP contribution in [0.1, 0.15) is 51.1 Å². The minimum atomic E-state index is 0.350. The summed E-state index contributed by atoms with van der Waals surface area (Å²) >= 11 is 0. The molecule has 20 heavy (non-hydrogen) atoms. The average Bonchev–Trinajstić information content (AvgIpc) is 2.98. The summed E-state index contributed by atoms with van der Waals surface area (Å²) < 4.78 is 1.90. The fourth-order valence-corrected chi connectivity index (χ4v) is 2.59. The van der Waals surface area contributed by atoms with Gasteiger partial charge in [0.15, 0.2) is 5.82 Å². The Hall–Kier alpha value is -1.90. The van der Waals surface area contributed by atoms with E-state index in [2.05, 4.69) is 54.3 Å². The van der Waals surface area contributed by atoms with Gasteiger partial charge in [-0.3, -0.25) is 0 Å². The zero-order valence-electron chi connectivity index (χ0n) is 12.2. The van der Waals surface area contributed by atoms with Crippen LogP contribution < -0.4 is 0 Å². The number of hydrogen-bond acceptors (Lipinski definition) is 2. The molecule has 3 heteroatoms. The van der Waals surface area contributed by atoms with Crippen LogP contribution in [0.5, 0.6) is 0 Å². The van der Waals surface area contributed by atoms with Gasteiger partial charge >= 0.3 is 0 Å². The van der Waals surface area contributed by atoms with Gasteiger partial charge in [-0.05, 0) is 50.7 Å². The van der Waals surface area contributed by atoms with Crippen molar-refractivity contribution in [3.63, 3.8) is 0 Å². The van der Waals surface area contributed by atoms with Gasteiger partial charge in [-0.1, -0.05) is 30.3 Å². The first kappa shape index (κ1) is 13.1. The maximum Gasteiger partial charge on any atom is 0.181 e. The molecule has 0 radical (unpaired) electrons. The van der Waals surface area contributed by atoms with E-state index < -0.39 is 0 Å². The topological polar surface area (TPSA) is 30.7 Å². The molecule has 0 atom stereocenters. The standard InChI is InChI=1S/C17H21N3/c1-13(2)20-12-18-17(19-20)16-10-8-15(9-11-16)14-6-4-3-5-7-14/h6,8-13H,3-5,7H2,1-2H3. The highest BCUT2D eigenvalue weighted by Crippen LogP contribution is 2.28. The van der Waals surface area contributed by atoms with Crippen molar-refractivity contribution < 1.29 is 0 Å². The third-order valence-corrected chi connectivity index (χ3v) is 3.84. The van der Waals surface area contributed by atoms with E-state index in [-0.39, 0.29) is 0 Å². The Morgan fingerprint density at radius 3 is 2.40 bits per heavy atom. The SMILES string of the molecule is CC(C)n1cnc(-c2ccc(C3=CCCCC3)cc2)n1. The normalized spacial score (nSPS) is 15.4. The van der Waals surface area contributed by atoms with Gasteiger partial charge in [-0.2, -0.15) is 5.10 Å². The van der Waals surface area contributed by atoms with Crippen molar-refractivity contribution in [1.82, 2.24) is 14.8 Å². The van der Waals surface area contributed by atoms with Gasteiger partial charge in [0.1, 0.15) is 6.33 Å². The number of aromatic nitrogens is 3. The zero-order valence-corrected chi connectivity index (χ0v) is 12.2. The molecule has 1 aromatic carbocycles. The van der Waals surface area contributed by atoms with E-state index in [1.807, 2.05) is 4.68 Å². The lowest BCUT2D eigenvalue weighted by atomic mass is 9.93. The summed E-state index contributed by atoms with van der Waals surface area (Å²) in [6.07, 6.45) is 9.25. The summed E-state index contributed by atoms with van der Waals surface area (Å²) in [5.74, 6) is 0.808. The maximum atomic E-state index is 4.51. The first-order valence-corrected chi connectivity index (χ1v) is 7.45. The predicted octanol–water partition coefficient (Wildman–Crippen LogP) is 4.48. The molecule has 0 saturated heterocycles. The Morgan fingerprint density at radius 2 is 1.80 bits per heavy atom. The quantitative estimate of drug-likeness (QED) is 0.820. The van der Waals surface area contributed by atoms with Gasteiger partial charge in [0.05, 0.1) is 0 Å². The lowest BCUT2D eigenvalue weighted by molar-refractivity contribution is 0.532. The van der Waals surface area contributed by atoms with Crippen molar-refractivity contribution in [3.8, 4) is 11.4 Å². The van der Waals surface area contributed by atoms with Crippen LogP contribution in [-0.2, 0) is 0 Å². The summed E-state index contributed by atoms with van der Waals surface area (Å²) in [4.78, 5) is 4.39. The summed E-state index contributed by atoms with van der Waals surface area (Å²) in [6, 6.07) is 9.00. The van der Waals surface area contributed by atoms with Crippen molar-refractivity contribution in [2.24, 2.45) is 0 Å². The summed E-state index contributed by atoms with van der Waals surface area (Å²) in [5, 5.41) is 4.51. The van der Waals surface area contributed by atoms with Crippen LogP contribution in [0.15, 0.2) is 36.7 Å². The van der Waals surface area contributed by atoms with E-state index >= 15 is 0 Å². The number of nitrogens with zero attached hydrogens (tertiary/aromatic N) is 3. The molecule has 1 aliphatic carbocycles. The molecule has 0 amide bonds. The molecule has 1 aromatic heterocycles. The van der Waals surface area contributed by atoms with Crippen LogP contribution >= 0.6 is 0 Å². The fraction of sp³-hybridized carbons (Fsp3) is 0.412. The molecular weight excluding hydrogens is 246 g/mol. The second-order valence-electron chi connectivity index (χ2n) is 5.69. The molecule has 0 N–H and O–H groups in total. The van der Waals surface area contributed by atoms with E-state index in [0.717, 1.165) is 11.4 Å². The Labute approximate surface area is 120 Å². The molecule has 0 spiro atoms. The first-order valence-electron chi connectivity index (χ1n) is 7.45. The summed E-state index contributed by atoms with van der Waals surface area (Å²) in [5.41, 5.74) is 3.92. The van der Waals surface area contributed by atoms with Crippen LogP contribution in [0.25, 0.3) is 17.0 Å². The average molecular weight is 267 g/mol. The third-order valence-electron chi connectivity index (χ3n) is 3.84. The second-order valence-corrected chi connectivity index (χ2v) is 5.69. The fourth-order valence-electron chi connectivity index (χ4n) is 2.59. The smallest absolute Gasteiger partial charge is 0.181 e. The number of benzene rings is 1. The van der Waals surface area contributed by atoms with Crippen LogP contribution in [0.2, 0.25) is 0 Å². The van der Waals surface area contributed by atoms with Gasteiger partial charge in [0, 0.05) is 11.6 Å². The van der Waals surface area contributed by atoms with Gasteiger partial charge in [-0.25, -0.2) is 9.67 Å². The van der Waals surface area contributed by atoms with Crippen molar-refractivity contribution in [1.29, 1.82) is 0 Å². The first-order chi connectivity index (χ1) is 9.74. The molecule has 3 nitrogen and oxygen atoms in total. The van der Waals surface area contributed by atoms with Crippen LogP contribution in [0.3, 0.4) is 0 Å². The summed E-state index contributed by atoms with van der Waals surface area (Å²) in [7, 11) is 0. The van der Waals surface area contributed by atoms with Gasteiger partial charge in [0.25, 0.3) is 0 Å². The second kappa shape index (κ2) is 5.61. The van der Waals surface area contributed by atoms with Gasteiger partial charge in [-0.15, -0.1) is 0 Å². The van der Waals surface area contributed by atoms with Gasteiger partial charge in [0.2, 0.25) is 0 Å².